The summed E-state index contributed by atoms with van der Waals surface area (Å²) in [5.74, 6) is -0.317. The number of nitrogens with one attached hydrogen (secondary N) is 1. The lowest BCUT2D eigenvalue weighted by atomic mass is 10.1. The van der Waals surface area contributed by atoms with E-state index in [9.17, 15) is 9.59 Å². The Balaban J connectivity index is 1.56. The molecule has 0 radical (unpaired) electrons. The van der Waals surface area contributed by atoms with Crippen molar-refractivity contribution in [3.05, 3.63) is 58.6 Å². The van der Waals surface area contributed by atoms with Gasteiger partial charge in [0.05, 0.1) is 29.3 Å². The van der Waals surface area contributed by atoms with Crippen molar-refractivity contribution in [3.8, 4) is 0 Å². The Morgan fingerprint density at radius 2 is 1.83 bits per heavy atom. The second kappa shape index (κ2) is 9.36. The summed E-state index contributed by atoms with van der Waals surface area (Å²) in [6, 6.07) is 13.9. The minimum atomic E-state index is -0.207. The molecule has 6 nitrogen and oxygen atoms in total. The van der Waals surface area contributed by atoms with Crippen molar-refractivity contribution in [2.75, 3.05) is 32.5 Å². The van der Waals surface area contributed by atoms with Crippen molar-refractivity contribution in [2.24, 2.45) is 0 Å². The summed E-state index contributed by atoms with van der Waals surface area (Å²) in [5, 5.41) is 3.87. The maximum absolute atomic E-state index is 12.7. The van der Waals surface area contributed by atoms with Gasteiger partial charge in [0.15, 0.2) is 0 Å². The van der Waals surface area contributed by atoms with Gasteiger partial charge in [-0.3, -0.25) is 14.5 Å². The van der Waals surface area contributed by atoms with Crippen LogP contribution in [-0.2, 0) is 9.59 Å². The number of likely N-dealkylation sites (N-methyl/N-ethyl adjacent to an activating group) is 2. The normalized spacial score (nSPS) is 12.2. The van der Waals surface area contributed by atoms with E-state index in [1.165, 1.54) is 4.90 Å². The Morgan fingerprint density at radius 3 is 2.57 bits per heavy atom. The van der Waals surface area contributed by atoms with E-state index in [1.807, 2.05) is 69.1 Å². The molecule has 0 unspecified atom stereocenters. The molecule has 7 heteroatoms. The van der Waals surface area contributed by atoms with Crippen LogP contribution in [0.1, 0.15) is 29.1 Å². The first-order chi connectivity index (χ1) is 14.2. The molecule has 1 heterocycles. The van der Waals surface area contributed by atoms with Gasteiger partial charge in [-0.1, -0.05) is 24.3 Å². The topological polar surface area (TPSA) is 65.5 Å². The fourth-order valence-corrected chi connectivity index (χ4v) is 4.18. The average molecular weight is 425 g/mol. The smallest absolute Gasteiger partial charge is 0.243 e. The number of nitrogens with zero attached hydrogens (tertiary/aromatic N) is 3. The second-order valence-corrected chi connectivity index (χ2v) is 8.79. The van der Waals surface area contributed by atoms with Crippen molar-refractivity contribution in [1.29, 1.82) is 0 Å². The molecule has 3 aromatic rings. The Kier molecular flexibility index (Phi) is 6.84. The number of hydrogen-bond acceptors (Lipinski definition) is 5. The van der Waals surface area contributed by atoms with Gasteiger partial charge in [-0.05, 0) is 57.1 Å². The highest BCUT2D eigenvalue weighted by atomic mass is 32.1. The molecule has 0 aliphatic rings. The van der Waals surface area contributed by atoms with Crippen molar-refractivity contribution in [3.63, 3.8) is 0 Å². The number of carbonyl (C=O) groups excluding carboxylic acids is 2. The van der Waals surface area contributed by atoms with Gasteiger partial charge >= 0.3 is 0 Å². The van der Waals surface area contributed by atoms with E-state index in [0.29, 0.717) is 0 Å². The van der Waals surface area contributed by atoms with Crippen LogP contribution in [0.15, 0.2) is 42.5 Å². The number of anilines is 1. The van der Waals surface area contributed by atoms with Gasteiger partial charge in [0.2, 0.25) is 11.8 Å². The van der Waals surface area contributed by atoms with E-state index in [-0.39, 0.29) is 30.9 Å². The van der Waals surface area contributed by atoms with Crippen LogP contribution in [0, 0.1) is 13.8 Å². The zero-order valence-corrected chi connectivity index (χ0v) is 18.9. The summed E-state index contributed by atoms with van der Waals surface area (Å²) in [5.41, 5.74) is 3.82. The van der Waals surface area contributed by atoms with Crippen LogP contribution >= 0.6 is 11.3 Å². The SMILES string of the molecule is Cc1ccc(C)c(NC(=O)CN(C)C(=O)CN(C)[C@@H](C)c2nc3ccccc3s2)c1. The zero-order chi connectivity index (χ0) is 21.8. The molecule has 2 aromatic carbocycles. The first kappa shape index (κ1) is 21.9. The maximum atomic E-state index is 12.7. The van der Waals surface area contributed by atoms with Crippen molar-refractivity contribution in [1.82, 2.24) is 14.8 Å². The number of amides is 2. The lowest BCUT2D eigenvalue weighted by Gasteiger charge is -2.25. The maximum Gasteiger partial charge on any atom is 0.243 e. The monoisotopic (exact) mass is 424 g/mol. The molecule has 0 spiro atoms. The molecule has 0 bridgehead atoms. The van der Waals surface area contributed by atoms with Gasteiger partial charge in [-0.25, -0.2) is 4.98 Å². The summed E-state index contributed by atoms with van der Waals surface area (Å²) < 4.78 is 1.14. The molecule has 1 aromatic heterocycles. The molecule has 158 valence electrons. The van der Waals surface area contributed by atoms with Crippen LogP contribution < -0.4 is 5.32 Å². The summed E-state index contributed by atoms with van der Waals surface area (Å²) in [4.78, 5) is 33.2. The van der Waals surface area contributed by atoms with E-state index in [1.54, 1.807) is 18.4 Å². The molecule has 1 atom stereocenters. The molecule has 3 rings (SSSR count). The van der Waals surface area contributed by atoms with E-state index in [4.69, 9.17) is 0 Å². The van der Waals surface area contributed by atoms with Crippen LogP contribution in [0.5, 0.6) is 0 Å². The highest BCUT2D eigenvalue weighted by molar-refractivity contribution is 7.18. The highest BCUT2D eigenvalue weighted by Gasteiger charge is 2.21. The molecule has 0 fully saturated rings. The quantitative estimate of drug-likeness (QED) is 0.623. The molecule has 1 N–H and O–H groups in total. The van der Waals surface area contributed by atoms with Gasteiger partial charge in [0.25, 0.3) is 0 Å². The van der Waals surface area contributed by atoms with Crippen LogP contribution in [0.4, 0.5) is 5.69 Å². The average Bonchev–Trinajstić information content (AvgIpc) is 3.14. The van der Waals surface area contributed by atoms with Crippen molar-refractivity contribution < 1.29 is 9.59 Å². The summed E-state index contributed by atoms with van der Waals surface area (Å²) in [6.07, 6.45) is 0. The molecule has 0 aliphatic heterocycles. The minimum Gasteiger partial charge on any atom is -0.335 e. The van der Waals surface area contributed by atoms with Crippen LogP contribution in [0.25, 0.3) is 10.2 Å². The van der Waals surface area contributed by atoms with Crippen molar-refractivity contribution in [2.45, 2.75) is 26.8 Å². The molecule has 0 saturated heterocycles. The standard InChI is InChI=1S/C23H28N4O2S/c1-15-10-11-16(2)19(12-15)24-21(28)13-27(5)22(29)14-26(4)17(3)23-25-18-8-6-7-9-20(18)30-23/h6-12,17H,13-14H2,1-5H3,(H,24,28)/t17-/m0/s1. The second-order valence-electron chi connectivity index (χ2n) is 7.73. The van der Waals surface area contributed by atoms with Crippen LogP contribution in [0.3, 0.4) is 0 Å². The van der Waals surface area contributed by atoms with Gasteiger partial charge in [-0.15, -0.1) is 11.3 Å². The Morgan fingerprint density at radius 1 is 1.10 bits per heavy atom. The van der Waals surface area contributed by atoms with E-state index >= 15 is 0 Å². The van der Waals surface area contributed by atoms with Crippen LogP contribution in [-0.4, -0.2) is 53.8 Å². The number of fused-ring (bicyclic) bond motifs is 1. The minimum absolute atomic E-state index is 0.00326. The first-order valence-electron chi connectivity index (χ1n) is 9.91. The lowest BCUT2D eigenvalue weighted by molar-refractivity contribution is -0.134. The van der Waals surface area contributed by atoms with Crippen molar-refractivity contribution >= 4 is 39.1 Å². The first-order valence-corrected chi connectivity index (χ1v) is 10.7. The number of benzene rings is 2. The zero-order valence-electron chi connectivity index (χ0n) is 18.1. The third kappa shape index (κ3) is 5.23. The van der Waals surface area contributed by atoms with E-state index in [0.717, 1.165) is 32.0 Å². The fraction of sp³-hybridized carbons (Fsp3) is 0.348. The number of hydrogen-bond donors (Lipinski definition) is 1. The largest absolute Gasteiger partial charge is 0.335 e. The summed E-state index contributed by atoms with van der Waals surface area (Å²) in [6.45, 7) is 6.19. The number of carbonyl (C=O) groups is 2. The predicted molar refractivity (Wildman–Crippen MR) is 123 cm³/mol. The van der Waals surface area contributed by atoms with E-state index in [2.05, 4.69) is 16.4 Å². The van der Waals surface area contributed by atoms with Gasteiger partial charge in [0.1, 0.15) is 5.01 Å². The predicted octanol–water partition coefficient (Wildman–Crippen LogP) is 4.00. The van der Waals surface area contributed by atoms with Gasteiger partial charge in [-0.2, -0.15) is 0 Å². The molecule has 30 heavy (non-hydrogen) atoms. The number of rotatable bonds is 7. The number of para-hydroxylation sites is 1. The molecule has 2 amide bonds. The molecular formula is C23H28N4O2S. The van der Waals surface area contributed by atoms with E-state index < -0.39 is 0 Å². The third-order valence-corrected chi connectivity index (χ3v) is 6.39. The Bertz CT molecular complexity index is 1030. The molecule has 0 saturated carbocycles. The van der Waals surface area contributed by atoms with Crippen LogP contribution in [0.2, 0.25) is 0 Å². The van der Waals surface area contributed by atoms with Gasteiger partial charge in [0, 0.05) is 12.7 Å². The number of aryl methyl sites for hydroxylation is 2. The fourth-order valence-electron chi connectivity index (χ4n) is 3.09. The highest BCUT2D eigenvalue weighted by Crippen LogP contribution is 2.28. The molecular weight excluding hydrogens is 396 g/mol. The lowest BCUT2D eigenvalue weighted by Crippen LogP contribution is -2.41. The molecule has 0 aliphatic carbocycles. The summed E-state index contributed by atoms with van der Waals surface area (Å²) in [7, 11) is 3.56. The Hall–Kier alpha value is -2.77. The Labute approximate surface area is 181 Å². The van der Waals surface area contributed by atoms with Gasteiger partial charge < -0.3 is 10.2 Å². The number of thiazole rings is 1. The summed E-state index contributed by atoms with van der Waals surface area (Å²) >= 11 is 1.64. The number of aromatic nitrogens is 1. The third-order valence-electron chi connectivity index (χ3n) is 5.19.